The van der Waals surface area contributed by atoms with Gasteiger partial charge in [0.05, 0.1) is 6.42 Å². The van der Waals surface area contributed by atoms with Crippen LogP contribution in [0.1, 0.15) is 59.3 Å². The van der Waals surface area contributed by atoms with Crippen LogP contribution in [-0.4, -0.2) is 23.7 Å². The summed E-state index contributed by atoms with van der Waals surface area (Å²) in [6.07, 6.45) is 4.72. The summed E-state index contributed by atoms with van der Waals surface area (Å²) in [6, 6.07) is 0. The molecular formula is C20H30O4. The summed E-state index contributed by atoms with van der Waals surface area (Å²) in [5.41, 5.74) is 1.57. The van der Waals surface area contributed by atoms with Gasteiger partial charge in [-0.2, -0.15) is 0 Å². The van der Waals surface area contributed by atoms with Gasteiger partial charge in [-0.1, -0.05) is 32.9 Å². The molecule has 4 heteroatoms. The van der Waals surface area contributed by atoms with E-state index in [0.29, 0.717) is 23.7 Å². The highest BCUT2D eigenvalue weighted by Gasteiger charge is 2.63. The van der Waals surface area contributed by atoms with Gasteiger partial charge in [-0.15, -0.1) is 0 Å². The summed E-state index contributed by atoms with van der Waals surface area (Å²) in [7, 11) is 0. The molecule has 4 aliphatic rings. The zero-order chi connectivity index (χ0) is 17.3. The van der Waals surface area contributed by atoms with Crippen LogP contribution in [0.25, 0.3) is 0 Å². The third kappa shape index (κ3) is 2.22. The van der Waals surface area contributed by atoms with Crippen LogP contribution in [0.15, 0.2) is 12.2 Å². The van der Waals surface area contributed by atoms with Gasteiger partial charge >= 0.3 is 5.97 Å². The number of fused-ring (bicyclic) bond motifs is 2. The van der Waals surface area contributed by atoms with Crippen molar-refractivity contribution in [3.8, 4) is 0 Å². The molecule has 0 bridgehead atoms. The van der Waals surface area contributed by atoms with Crippen LogP contribution in [0.4, 0.5) is 0 Å². The first-order chi connectivity index (χ1) is 11.2. The molecule has 2 aliphatic heterocycles. The van der Waals surface area contributed by atoms with Crippen LogP contribution < -0.4 is 0 Å². The first-order valence-corrected chi connectivity index (χ1v) is 9.45. The van der Waals surface area contributed by atoms with Crippen molar-refractivity contribution in [3.05, 3.63) is 12.2 Å². The molecular weight excluding hydrogens is 304 g/mol. The monoisotopic (exact) mass is 334 g/mol. The van der Waals surface area contributed by atoms with E-state index in [-0.39, 0.29) is 23.2 Å². The highest BCUT2D eigenvalue weighted by molar-refractivity contribution is 5.72. The second kappa shape index (κ2) is 5.31. The molecule has 7 atom stereocenters. The van der Waals surface area contributed by atoms with E-state index in [1.807, 2.05) is 0 Å². The Hall–Kier alpha value is -0.870. The second-order valence-electron chi connectivity index (χ2n) is 9.41. The van der Waals surface area contributed by atoms with E-state index in [4.69, 9.17) is 9.47 Å². The average Bonchev–Trinajstić information content (AvgIpc) is 3.05. The fourth-order valence-corrected chi connectivity index (χ4v) is 6.55. The lowest BCUT2D eigenvalue weighted by Crippen LogP contribution is -2.43. The molecule has 1 N–H and O–H groups in total. The quantitative estimate of drug-likeness (QED) is 0.587. The molecule has 4 fully saturated rings. The standard InChI is InChI=1S/C20H30O4/c1-11-6-5-8-19(2,3)13-7-9-20(4,15(11)13)16-12-10-14(21)23-18(12)24-17(16)22/h12-13,15-18,22H,1,5-10H2,2-4H3/t12-,13+,15+,16-,17+,18+,20+/m0/s1. The molecule has 24 heavy (non-hydrogen) atoms. The normalized spacial score (nSPS) is 50.3. The zero-order valence-electron chi connectivity index (χ0n) is 15.1. The SMILES string of the molecule is C=C1CCCC(C)(C)[C@@H]2CC[C@@](C)([C@H]3[C@@H]4CC(=O)O[C@@H]4O[C@H]3O)[C@H]12. The predicted molar refractivity (Wildman–Crippen MR) is 89.7 cm³/mol. The van der Waals surface area contributed by atoms with Crippen LogP contribution in [0.3, 0.4) is 0 Å². The number of hydrogen-bond donors (Lipinski definition) is 1. The first-order valence-electron chi connectivity index (χ1n) is 9.45. The Kier molecular flexibility index (Phi) is 3.67. The summed E-state index contributed by atoms with van der Waals surface area (Å²) in [6.45, 7) is 11.5. The Labute approximate surface area is 144 Å². The van der Waals surface area contributed by atoms with Gasteiger partial charge in [0.25, 0.3) is 0 Å². The second-order valence-corrected chi connectivity index (χ2v) is 9.41. The van der Waals surface area contributed by atoms with E-state index in [1.165, 1.54) is 24.8 Å². The summed E-state index contributed by atoms with van der Waals surface area (Å²) in [5.74, 6) is 0.736. The minimum absolute atomic E-state index is 0.0181. The van der Waals surface area contributed by atoms with E-state index in [0.717, 1.165) is 12.8 Å². The highest BCUT2D eigenvalue weighted by Crippen LogP contribution is 2.65. The molecule has 2 saturated heterocycles. The van der Waals surface area contributed by atoms with E-state index in [9.17, 15) is 9.90 Å². The fraction of sp³-hybridized carbons (Fsp3) is 0.850. The van der Waals surface area contributed by atoms with E-state index < -0.39 is 12.6 Å². The molecule has 0 amide bonds. The van der Waals surface area contributed by atoms with Gasteiger partial charge in [-0.25, -0.2) is 0 Å². The van der Waals surface area contributed by atoms with Crippen LogP contribution in [0.2, 0.25) is 0 Å². The third-order valence-corrected chi connectivity index (χ3v) is 7.67. The molecule has 4 rings (SSSR count). The van der Waals surface area contributed by atoms with Gasteiger partial charge in [0.2, 0.25) is 6.29 Å². The molecule has 0 aromatic rings. The molecule has 4 nitrogen and oxygen atoms in total. The molecule has 2 saturated carbocycles. The van der Waals surface area contributed by atoms with Crippen molar-refractivity contribution in [3.63, 3.8) is 0 Å². The lowest BCUT2D eigenvalue weighted by Gasteiger charge is -2.44. The topological polar surface area (TPSA) is 55.8 Å². The highest BCUT2D eigenvalue weighted by atomic mass is 16.8. The summed E-state index contributed by atoms with van der Waals surface area (Å²) < 4.78 is 10.9. The smallest absolute Gasteiger partial charge is 0.308 e. The number of ether oxygens (including phenoxy) is 2. The van der Waals surface area contributed by atoms with Gasteiger partial charge in [0.15, 0.2) is 6.29 Å². The predicted octanol–water partition coefficient (Wildman–Crippen LogP) is 3.64. The number of carbonyl (C=O) groups excluding carboxylic acids is 1. The van der Waals surface area contributed by atoms with Crippen molar-refractivity contribution in [1.82, 2.24) is 0 Å². The largest absolute Gasteiger partial charge is 0.435 e. The number of aliphatic hydroxyl groups is 1. The summed E-state index contributed by atoms with van der Waals surface area (Å²) in [4.78, 5) is 11.7. The molecule has 0 aromatic carbocycles. The van der Waals surface area contributed by atoms with Crippen LogP contribution in [-0.2, 0) is 14.3 Å². The number of aliphatic hydroxyl groups excluding tert-OH is 1. The molecule has 134 valence electrons. The number of allylic oxidation sites excluding steroid dienone is 1. The van der Waals surface area contributed by atoms with E-state index in [1.54, 1.807) is 0 Å². The van der Waals surface area contributed by atoms with Crippen molar-refractivity contribution in [2.24, 2.45) is 34.5 Å². The first kappa shape index (κ1) is 16.6. The van der Waals surface area contributed by atoms with Gasteiger partial charge in [-0.3, -0.25) is 4.79 Å². The Morgan fingerprint density at radius 1 is 1.25 bits per heavy atom. The minimum atomic E-state index is -0.837. The van der Waals surface area contributed by atoms with Crippen molar-refractivity contribution in [2.75, 3.05) is 0 Å². The van der Waals surface area contributed by atoms with E-state index in [2.05, 4.69) is 27.4 Å². The number of carbonyl (C=O) groups is 1. The lowest BCUT2D eigenvalue weighted by molar-refractivity contribution is -0.196. The molecule has 0 aromatic heterocycles. The molecule has 2 heterocycles. The maximum atomic E-state index is 11.7. The summed E-state index contributed by atoms with van der Waals surface area (Å²) in [5, 5.41) is 10.6. The lowest BCUT2D eigenvalue weighted by atomic mass is 9.59. The third-order valence-electron chi connectivity index (χ3n) is 7.67. The van der Waals surface area contributed by atoms with Crippen LogP contribution in [0.5, 0.6) is 0 Å². The molecule has 0 spiro atoms. The maximum Gasteiger partial charge on any atom is 0.308 e. The van der Waals surface area contributed by atoms with Crippen molar-refractivity contribution < 1.29 is 19.4 Å². The number of rotatable bonds is 1. The fourth-order valence-electron chi connectivity index (χ4n) is 6.55. The Bertz CT molecular complexity index is 568. The zero-order valence-corrected chi connectivity index (χ0v) is 15.1. The average molecular weight is 334 g/mol. The Morgan fingerprint density at radius 3 is 2.75 bits per heavy atom. The van der Waals surface area contributed by atoms with Crippen LogP contribution >= 0.6 is 0 Å². The molecule has 0 radical (unpaired) electrons. The Balaban J connectivity index is 1.71. The Morgan fingerprint density at radius 2 is 2.00 bits per heavy atom. The van der Waals surface area contributed by atoms with Crippen LogP contribution in [0, 0.1) is 34.5 Å². The van der Waals surface area contributed by atoms with E-state index >= 15 is 0 Å². The van der Waals surface area contributed by atoms with Gasteiger partial charge in [-0.05, 0) is 54.8 Å². The van der Waals surface area contributed by atoms with Gasteiger partial charge in [0, 0.05) is 11.8 Å². The molecule has 0 unspecified atom stereocenters. The van der Waals surface area contributed by atoms with Crippen molar-refractivity contribution in [1.29, 1.82) is 0 Å². The van der Waals surface area contributed by atoms with Crippen molar-refractivity contribution in [2.45, 2.75) is 71.9 Å². The number of esters is 1. The summed E-state index contributed by atoms with van der Waals surface area (Å²) >= 11 is 0. The number of hydrogen-bond acceptors (Lipinski definition) is 4. The maximum absolute atomic E-state index is 11.7. The van der Waals surface area contributed by atoms with Gasteiger partial charge in [0.1, 0.15) is 0 Å². The van der Waals surface area contributed by atoms with Crippen molar-refractivity contribution >= 4 is 5.97 Å². The molecule has 2 aliphatic carbocycles. The van der Waals surface area contributed by atoms with Gasteiger partial charge < -0.3 is 14.6 Å². The minimum Gasteiger partial charge on any atom is -0.435 e.